The van der Waals surface area contributed by atoms with E-state index in [2.05, 4.69) is 4.90 Å². The minimum absolute atomic E-state index is 0.0961. The summed E-state index contributed by atoms with van der Waals surface area (Å²) in [5, 5.41) is 9.31. The van der Waals surface area contributed by atoms with Crippen LogP contribution < -0.4 is 5.73 Å². The van der Waals surface area contributed by atoms with Crippen molar-refractivity contribution >= 4 is 0 Å². The standard InChI is InChI=1S/C17H27FN2O/c1-2-16(19)17(14-8-3-4-9-15(14)18)20-11-6-5-7-13(20)10-12-21/h3-4,8-9,13,16-17,21H,2,5-7,10-12,19H2,1H3. The van der Waals surface area contributed by atoms with Crippen LogP contribution in [-0.2, 0) is 0 Å². The number of benzene rings is 1. The molecule has 0 aromatic heterocycles. The van der Waals surface area contributed by atoms with Gasteiger partial charge in [-0.25, -0.2) is 4.39 Å². The van der Waals surface area contributed by atoms with Crippen LogP contribution in [0.25, 0.3) is 0 Å². The largest absolute Gasteiger partial charge is 0.396 e. The average molecular weight is 294 g/mol. The number of piperidine rings is 1. The summed E-state index contributed by atoms with van der Waals surface area (Å²) in [6, 6.07) is 7.05. The summed E-state index contributed by atoms with van der Waals surface area (Å²) in [4.78, 5) is 2.33. The highest BCUT2D eigenvalue weighted by molar-refractivity contribution is 5.23. The SMILES string of the molecule is CCC(N)C(c1ccccc1F)N1CCCCC1CCO. The quantitative estimate of drug-likeness (QED) is 0.848. The molecule has 1 aromatic carbocycles. The number of nitrogens with two attached hydrogens (primary N) is 1. The van der Waals surface area contributed by atoms with Crippen molar-refractivity contribution < 1.29 is 9.50 Å². The Kier molecular flexibility index (Phi) is 6.15. The molecule has 0 spiro atoms. The van der Waals surface area contributed by atoms with Gasteiger partial charge >= 0.3 is 0 Å². The zero-order valence-corrected chi connectivity index (χ0v) is 12.8. The number of hydrogen-bond acceptors (Lipinski definition) is 3. The molecule has 2 rings (SSSR count). The number of aliphatic hydroxyl groups is 1. The van der Waals surface area contributed by atoms with Crippen molar-refractivity contribution in [2.75, 3.05) is 13.2 Å². The molecule has 118 valence electrons. The van der Waals surface area contributed by atoms with Crippen molar-refractivity contribution in [1.82, 2.24) is 4.90 Å². The first kappa shape index (κ1) is 16.4. The van der Waals surface area contributed by atoms with Gasteiger partial charge in [0.05, 0.1) is 6.04 Å². The van der Waals surface area contributed by atoms with Gasteiger partial charge in [-0.15, -0.1) is 0 Å². The minimum atomic E-state index is -0.181. The number of nitrogens with zero attached hydrogens (tertiary/aromatic N) is 1. The first-order valence-electron chi connectivity index (χ1n) is 8.05. The van der Waals surface area contributed by atoms with E-state index in [9.17, 15) is 9.50 Å². The highest BCUT2D eigenvalue weighted by Gasteiger charge is 2.33. The first-order valence-corrected chi connectivity index (χ1v) is 8.05. The lowest BCUT2D eigenvalue weighted by molar-refractivity contribution is 0.0603. The van der Waals surface area contributed by atoms with Gasteiger partial charge in [-0.05, 0) is 38.3 Å². The normalized spacial score (nSPS) is 23.0. The first-order chi connectivity index (χ1) is 10.2. The highest BCUT2D eigenvalue weighted by atomic mass is 19.1. The van der Waals surface area contributed by atoms with Crippen molar-refractivity contribution in [2.45, 2.75) is 57.2 Å². The monoisotopic (exact) mass is 294 g/mol. The van der Waals surface area contributed by atoms with E-state index < -0.39 is 0 Å². The zero-order valence-electron chi connectivity index (χ0n) is 12.8. The Balaban J connectivity index is 2.32. The lowest BCUT2D eigenvalue weighted by atomic mass is 9.90. The molecule has 4 heteroatoms. The molecule has 0 saturated carbocycles. The summed E-state index contributed by atoms with van der Waals surface area (Å²) >= 11 is 0. The van der Waals surface area contributed by atoms with E-state index >= 15 is 0 Å². The molecule has 3 atom stereocenters. The van der Waals surface area contributed by atoms with Gasteiger partial charge in [-0.2, -0.15) is 0 Å². The van der Waals surface area contributed by atoms with Gasteiger partial charge in [-0.3, -0.25) is 4.90 Å². The molecule has 1 fully saturated rings. The predicted octanol–water partition coefficient (Wildman–Crippen LogP) is 2.84. The second kappa shape index (κ2) is 7.87. The molecule has 0 aliphatic carbocycles. The Morgan fingerprint density at radius 3 is 2.81 bits per heavy atom. The number of rotatable bonds is 6. The fraction of sp³-hybridized carbons (Fsp3) is 0.647. The summed E-state index contributed by atoms with van der Waals surface area (Å²) < 4.78 is 14.3. The number of halogens is 1. The van der Waals surface area contributed by atoms with Gasteiger partial charge in [-0.1, -0.05) is 31.5 Å². The Hall–Kier alpha value is -0.970. The lowest BCUT2D eigenvalue weighted by Crippen LogP contribution is -2.49. The van der Waals surface area contributed by atoms with Crippen molar-refractivity contribution in [1.29, 1.82) is 0 Å². The van der Waals surface area contributed by atoms with E-state index in [0.29, 0.717) is 11.6 Å². The zero-order chi connectivity index (χ0) is 15.2. The van der Waals surface area contributed by atoms with Gasteiger partial charge in [0.1, 0.15) is 5.82 Å². The summed E-state index contributed by atoms with van der Waals surface area (Å²) in [6.07, 6.45) is 4.89. The van der Waals surface area contributed by atoms with Crippen molar-refractivity contribution in [3.05, 3.63) is 35.6 Å². The van der Waals surface area contributed by atoms with Crippen LogP contribution in [0, 0.1) is 5.82 Å². The molecular formula is C17H27FN2O. The van der Waals surface area contributed by atoms with Crippen LogP contribution in [0.15, 0.2) is 24.3 Å². The molecular weight excluding hydrogens is 267 g/mol. The van der Waals surface area contributed by atoms with E-state index in [1.54, 1.807) is 6.07 Å². The molecule has 3 N–H and O–H groups in total. The Morgan fingerprint density at radius 2 is 2.14 bits per heavy atom. The maximum atomic E-state index is 14.3. The topological polar surface area (TPSA) is 49.5 Å². The van der Waals surface area contributed by atoms with E-state index in [-0.39, 0.29) is 24.5 Å². The Labute approximate surface area is 126 Å². The third-order valence-electron chi connectivity index (χ3n) is 4.59. The molecule has 1 heterocycles. The minimum Gasteiger partial charge on any atom is -0.396 e. The molecule has 0 radical (unpaired) electrons. The third kappa shape index (κ3) is 3.82. The number of likely N-dealkylation sites (tertiary alicyclic amines) is 1. The van der Waals surface area contributed by atoms with Crippen LogP contribution in [0.5, 0.6) is 0 Å². The molecule has 0 amide bonds. The molecule has 1 aromatic rings. The van der Waals surface area contributed by atoms with E-state index in [0.717, 1.165) is 32.2 Å². The summed E-state index contributed by atoms with van der Waals surface area (Å²) in [7, 11) is 0. The van der Waals surface area contributed by atoms with E-state index in [4.69, 9.17) is 5.73 Å². The van der Waals surface area contributed by atoms with E-state index in [1.165, 1.54) is 12.5 Å². The summed E-state index contributed by atoms with van der Waals surface area (Å²) in [5.41, 5.74) is 7.03. The predicted molar refractivity (Wildman–Crippen MR) is 83.5 cm³/mol. The van der Waals surface area contributed by atoms with Crippen molar-refractivity contribution in [3.63, 3.8) is 0 Å². The molecule has 1 aliphatic rings. The number of aliphatic hydroxyl groups excluding tert-OH is 1. The summed E-state index contributed by atoms with van der Waals surface area (Å²) in [6.45, 7) is 3.15. The van der Waals surface area contributed by atoms with Gasteiger partial charge in [0.15, 0.2) is 0 Å². The van der Waals surface area contributed by atoms with Gasteiger partial charge in [0.25, 0.3) is 0 Å². The summed E-state index contributed by atoms with van der Waals surface area (Å²) in [5.74, 6) is -0.181. The number of hydrogen-bond donors (Lipinski definition) is 2. The molecule has 1 aliphatic heterocycles. The maximum absolute atomic E-state index is 14.3. The Bertz CT molecular complexity index is 439. The van der Waals surface area contributed by atoms with Crippen LogP contribution in [-0.4, -0.2) is 35.2 Å². The van der Waals surface area contributed by atoms with Gasteiger partial charge in [0, 0.05) is 24.3 Å². The van der Waals surface area contributed by atoms with Gasteiger partial charge < -0.3 is 10.8 Å². The third-order valence-corrected chi connectivity index (χ3v) is 4.59. The second-order valence-corrected chi connectivity index (χ2v) is 5.94. The highest BCUT2D eigenvalue weighted by Crippen LogP contribution is 2.33. The van der Waals surface area contributed by atoms with Crippen LogP contribution in [0.3, 0.4) is 0 Å². The second-order valence-electron chi connectivity index (χ2n) is 5.94. The molecule has 3 nitrogen and oxygen atoms in total. The van der Waals surface area contributed by atoms with Crippen LogP contribution in [0.4, 0.5) is 4.39 Å². The molecule has 0 bridgehead atoms. The van der Waals surface area contributed by atoms with Crippen LogP contribution >= 0.6 is 0 Å². The fourth-order valence-electron chi connectivity index (χ4n) is 3.44. The van der Waals surface area contributed by atoms with Crippen molar-refractivity contribution in [2.24, 2.45) is 5.73 Å². The molecule has 21 heavy (non-hydrogen) atoms. The van der Waals surface area contributed by atoms with Crippen LogP contribution in [0.1, 0.15) is 50.6 Å². The van der Waals surface area contributed by atoms with Crippen molar-refractivity contribution in [3.8, 4) is 0 Å². The van der Waals surface area contributed by atoms with Gasteiger partial charge in [0.2, 0.25) is 0 Å². The molecule has 3 unspecified atom stereocenters. The maximum Gasteiger partial charge on any atom is 0.128 e. The smallest absolute Gasteiger partial charge is 0.128 e. The van der Waals surface area contributed by atoms with E-state index in [1.807, 2.05) is 19.1 Å². The molecule has 1 saturated heterocycles. The average Bonchev–Trinajstić information content (AvgIpc) is 2.51. The fourth-order valence-corrected chi connectivity index (χ4v) is 3.44. The van der Waals surface area contributed by atoms with Crippen LogP contribution in [0.2, 0.25) is 0 Å². The Morgan fingerprint density at radius 1 is 1.38 bits per heavy atom. The lowest BCUT2D eigenvalue weighted by Gasteiger charge is -2.43.